The summed E-state index contributed by atoms with van der Waals surface area (Å²) in [5, 5.41) is 16.6. The number of pyridine rings is 1. The number of nitrogens with one attached hydrogen (secondary N) is 2. The van der Waals surface area contributed by atoms with Crippen LogP contribution in [0.2, 0.25) is 0 Å². The number of hydrogen-bond acceptors (Lipinski definition) is 7. The van der Waals surface area contributed by atoms with Crippen LogP contribution in [-0.4, -0.2) is 49.2 Å². The lowest BCUT2D eigenvalue weighted by molar-refractivity contribution is -0.384. The summed E-state index contributed by atoms with van der Waals surface area (Å²) in [6, 6.07) is 8.16. The number of rotatable bonds is 6. The molecule has 0 saturated carbocycles. The SMILES string of the molecule is CNc1ccc(C(=O)NCc2ccc(N3CCOCC3)nc2)cc1[N+](=O)[O-]. The minimum Gasteiger partial charge on any atom is -0.383 e. The average Bonchev–Trinajstić information content (AvgIpc) is 2.72. The third-order valence-corrected chi connectivity index (χ3v) is 4.32. The molecule has 1 aromatic heterocycles. The van der Waals surface area contributed by atoms with E-state index in [1.165, 1.54) is 12.1 Å². The molecule has 1 saturated heterocycles. The molecular formula is C18H21N5O4. The largest absolute Gasteiger partial charge is 0.383 e. The zero-order chi connectivity index (χ0) is 19.2. The van der Waals surface area contributed by atoms with Crippen molar-refractivity contribution in [3.8, 4) is 0 Å². The van der Waals surface area contributed by atoms with Gasteiger partial charge in [0.25, 0.3) is 11.6 Å². The standard InChI is InChI=1S/C18H21N5O4/c1-19-15-4-3-14(10-16(15)23(25)26)18(24)21-12-13-2-5-17(20-11-13)22-6-8-27-9-7-22/h2-5,10-11,19H,6-9,12H2,1H3,(H,21,24). The van der Waals surface area contributed by atoms with E-state index in [4.69, 9.17) is 4.74 Å². The fourth-order valence-corrected chi connectivity index (χ4v) is 2.82. The van der Waals surface area contributed by atoms with Crippen molar-refractivity contribution in [1.82, 2.24) is 10.3 Å². The van der Waals surface area contributed by atoms with Crippen molar-refractivity contribution in [2.24, 2.45) is 0 Å². The Balaban J connectivity index is 1.62. The molecular weight excluding hydrogens is 350 g/mol. The topological polar surface area (TPSA) is 110 Å². The first-order chi connectivity index (χ1) is 13.1. The minimum atomic E-state index is -0.517. The van der Waals surface area contributed by atoms with Gasteiger partial charge in [-0.25, -0.2) is 4.98 Å². The quantitative estimate of drug-likeness (QED) is 0.588. The highest BCUT2D eigenvalue weighted by molar-refractivity contribution is 5.95. The lowest BCUT2D eigenvalue weighted by Crippen LogP contribution is -2.36. The number of hydrogen-bond donors (Lipinski definition) is 2. The fourth-order valence-electron chi connectivity index (χ4n) is 2.82. The summed E-state index contributed by atoms with van der Waals surface area (Å²) in [7, 11) is 1.59. The van der Waals surface area contributed by atoms with Gasteiger partial charge in [0, 0.05) is 44.5 Å². The van der Waals surface area contributed by atoms with Crippen LogP contribution in [0.3, 0.4) is 0 Å². The van der Waals surface area contributed by atoms with Gasteiger partial charge in [0.15, 0.2) is 0 Å². The average molecular weight is 371 g/mol. The van der Waals surface area contributed by atoms with E-state index in [1.54, 1.807) is 19.3 Å². The summed E-state index contributed by atoms with van der Waals surface area (Å²) in [4.78, 5) is 29.5. The number of benzene rings is 1. The van der Waals surface area contributed by atoms with E-state index >= 15 is 0 Å². The molecule has 1 aromatic carbocycles. The van der Waals surface area contributed by atoms with Crippen LogP contribution in [0.5, 0.6) is 0 Å². The molecule has 1 fully saturated rings. The Bertz CT molecular complexity index is 819. The first-order valence-electron chi connectivity index (χ1n) is 8.60. The van der Waals surface area contributed by atoms with Gasteiger partial charge >= 0.3 is 0 Å². The number of morpholine rings is 1. The van der Waals surface area contributed by atoms with Crippen LogP contribution in [-0.2, 0) is 11.3 Å². The summed E-state index contributed by atoms with van der Waals surface area (Å²) in [6.45, 7) is 3.29. The van der Waals surface area contributed by atoms with Crippen molar-refractivity contribution in [1.29, 1.82) is 0 Å². The number of nitro groups is 1. The maximum Gasteiger partial charge on any atom is 0.293 e. The molecule has 0 radical (unpaired) electrons. The predicted octanol–water partition coefficient (Wildman–Crippen LogP) is 1.80. The van der Waals surface area contributed by atoms with Crippen molar-refractivity contribution in [2.75, 3.05) is 43.6 Å². The van der Waals surface area contributed by atoms with Crippen molar-refractivity contribution in [3.63, 3.8) is 0 Å². The molecule has 0 aliphatic carbocycles. The monoisotopic (exact) mass is 371 g/mol. The number of amides is 1. The van der Waals surface area contributed by atoms with Crippen molar-refractivity contribution >= 4 is 23.1 Å². The molecule has 2 aromatic rings. The first-order valence-corrected chi connectivity index (χ1v) is 8.60. The van der Waals surface area contributed by atoms with Gasteiger partial charge < -0.3 is 20.3 Å². The lowest BCUT2D eigenvalue weighted by Gasteiger charge is -2.27. The normalized spacial score (nSPS) is 13.9. The minimum absolute atomic E-state index is 0.137. The fraction of sp³-hybridized carbons (Fsp3) is 0.333. The van der Waals surface area contributed by atoms with E-state index in [9.17, 15) is 14.9 Å². The van der Waals surface area contributed by atoms with Crippen LogP contribution in [0.15, 0.2) is 36.5 Å². The Morgan fingerprint density at radius 3 is 2.70 bits per heavy atom. The van der Waals surface area contributed by atoms with Crippen LogP contribution in [0.1, 0.15) is 15.9 Å². The number of anilines is 2. The Labute approximate surface area is 156 Å². The zero-order valence-electron chi connectivity index (χ0n) is 15.0. The molecule has 3 rings (SSSR count). The molecule has 142 valence electrons. The number of carbonyl (C=O) groups is 1. The predicted molar refractivity (Wildman–Crippen MR) is 101 cm³/mol. The Kier molecular flexibility index (Phi) is 5.82. The van der Waals surface area contributed by atoms with Gasteiger partial charge in [-0.1, -0.05) is 6.07 Å². The highest BCUT2D eigenvalue weighted by Crippen LogP contribution is 2.25. The van der Waals surface area contributed by atoms with Gasteiger partial charge in [-0.15, -0.1) is 0 Å². The first kappa shape index (κ1) is 18.6. The number of nitrogens with zero attached hydrogens (tertiary/aromatic N) is 3. The summed E-state index contributed by atoms with van der Waals surface area (Å²) < 4.78 is 5.33. The molecule has 1 aliphatic heterocycles. The molecule has 0 unspecified atom stereocenters. The highest BCUT2D eigenvalue weighted by Gasteiger charge is 2.17. The van der Waals surface area contributed by atoms with Crippen LogP contribution < -0.4 is 15.5 Å². The molecule has 2 heterocycles. The maximum atomic E-state index is 12.3. The maximum absolute atomic E-state index is 12.3. The molecule has 0 bridgehead atoms. The Morgan fingerprint density at radius 1 is 1.30 bits per heavy atom. The number of aromatic nitrogens is 1. The smallest absolute Gasteiger partial charge is 0.293 e. The number of ether oxygens (including phenoxy) is 1. The molecule has 9 nitrogen and oxygen atoms in total. The van der Waals surface area contributed by atoms with E-state index < -0.39 is 4.92 Å². The van der Waals surface area contributed by atoms with Gasteiger partial charge in [0.2, 0.25) is 0 Å². The van der Waals surface area contributed by atoms with Gasteiger partial charge in [0.1, 0.15) is 11.5 Å². The van der Waals surface area contributed by atoms with Gasteiger partial charge in [-0.2, -0.15) is 0 Å². The third kappa shape index (κ3) is 4.50. The second kappa shape index (κ2) is 8.45. The van der Waals surface area contributed by atoms with Gasteiger partial charge in [-0.05, 0) is 23.8 Å². The Morgan fingerprint density at radius 2 is 2.07 bits per heavy atom. The lowest BCUT2D eigenvalue weighted by atomic mass is 10.1. The van der Waals surface area contributed by atoms with Crippen molar-refractivity contribution in [2.45, 2.75) is 6.54 Å². The van der Waals surface area contributed by atoms with Gasteiger partial charge in [-0.3, -0.25) is 14.9 Å². The number of nitro benzene ring substituents is 1. The Hall–Kier alpha value is -3.20. The molecule has 0 atom stereocenters. The van der Waals surface area contributed by atoms with Crippen molar-refractivity contribution in [3.05, 3.63) is 57.8 Å². The molecule has 0 spiro atoms. The summed E-state index contributed by atoms with van der Waals surface area (Å²) in [5.74, 6) is 0.504. The molecule has 1 amide bonds. The van der Waals surface area contributed by atoms with E-state index in [1.807, 2.05) is 12.1 Å². The van der Waals surface area contributed by atoms with E-state index in [-0.39, 0.29) is 23.7 Å². The summed E-state index contributed by atoms with van der Waals surface area (Å²) >= 11 is 0. The van der Waals surface area contributed by atoms with Crippen LogP contribution in [0.4, 0.5) is 17.2 Å². The second-order valence-corrected chi connectivity index (χ2v) is 6.05. The molecule has 1 aliphatic rings. The molecule has 27 heavy (non-hydrogen) atoms. The molecule has 9 heteroatoms. The van der Waals surface area contributed by atoms with Gasteiger partial charge in [0.05, 0.1) is 18.1 Å². The second-order valence-electron chi connectivity index (χ2n) is 6.05. The molecule has 2 N–H and O–H groups in total. The zero-order valence-corrected chi connectivity index (χ0v) is 15.0. The van der Waals surface area contributed by atoms with Crippen LogP contribution in [0.25, 0.3) is 0 Å². The van der Waals surface area contributed by atoms with E-state index in [2.05, 4.69) is 20.5 Å². The third-order valence-electron chi connectivity index (χ3n) is 4.32. The van der Waals surface area contributed by atoms with E-state index in [0.29, 0.717) is 18.9 Å². The highest BCUT2D eigenvalue weighted by atomic mass is 16.6. The van der Waals surface area contributed by atoms with Crippen LogP contribution >= 0.6 is 0 Å². The summed E-state index contributed by atoms with van der Waals surface area (Å²) in [6.07, 6.45) is 1.72. The summed E-state index contributed by atoms with van der Waals surface area (Å²) in [5.41, 5.74) is 1.31. The number of carbonyl (C=O) groups excluding carboxylic acids is 1. The van der Waals surface area contributed by atoms with Crippen LogP contribution in [0, 0.1) is 10.1 Å². The van der Waals surface area contributed by atoms with Crippen molar-refractivity contribution < 1.29 is 14.5 Å². The van der Waals surface area contributed by atoms with E-state index in [0.717, 1.165) is 24.5 Å².